The van der Waals surface area contributed by atoms with Gasteiger partial charge in [0.25, 0.3) is 0 Å². The topological polar surface area (TPSA) is 49.3 Å². The van der Waals surface area contributed by atoms with E-state index in [2.05, 4.69) is 5.09 Å². The average Bonchev–Trinajstić information content (AvgIpc) is 1.83. The van der Waals surface area contributed by atoms with Gasteiger partial charge in [-0.1, -0.05) is 4.57 Å². The summed E-state index contributed by atoms with van der Waals surface area (Å²) in [5.41, 5.74) is 0. The lowest BCUT2D eigenvalue weighted by molar-refractivity contribution is 0.301. The molecule has 0 aromatic heterocycles. The van der Waals surface area contributed by atoms with Crippen molar-refractivity contribution in [3.8, 4) is 0 Å². The van der Waals surface area contributed by atoms with Crippen LogP contribution in [-0.4, -0.2) is 24.4 Å². The summed E-state index contributed by atoms with van der Waals surface area (Å²) in [4.78, 5) is 0. The number of aliphatic hydroxyl groups excluding tert-OH is 1. The van der Waals surface area contributed by atoms with Gasteiger partial charge >= 0.3 is 7.95 Å². The van der Waals surface area contributed by atoms with Crippen molar-refractivity contribution in [2.45, 2.75) is 6.92 Å². The Hall–Kier alpha value is 0.0200. The van der Waals surface area contributed by atoms with Crippen LogP contribution in [0.15, 0.2) is 0 Å². The lowest BCUT2D eigenvalue weighted by Gasteiger charge is -1.83. The van der Waals surface area contributed by atoms with Crippen LogP contribution in [0.4, 0.5) is 0 Å². The Morgan fingerprint density at radius 3 is 2.75 bits per heavy atom. The summed E-state index contributed by atoms with van der Waals surface area (Å²) in [5, 5.41) is 10.9. The molecule has 0 amide bonds. The van der Waals surface area contributed by atoms with Crippen LogP contribution in [-0.2, 0) is 4.57 Å². The number of hydrogen-bond acceptors (Lipinski definition) is 2. The second-order valence-electron chi connectivity index (χ2n) is 1.33. The standard InChI is InChI=1S/C4H11NO2P/c1-2-8(7)5-3-4-6/h6H,2-4H2,1H3,(H,5,7)/q+1. The van der Waals surface area contributed by atoms with Gasteiger partial charge in [0.1, 0.15) is 0 Å². The molecule has 0 aromatic carbocycles. The van der Waals surface area contributed by atoms with Crippen molar-refractivity contribution in [2.24, 2.45) is 0 Å². The van der Waals surface area contributed by atoms with Crippen molar-refractivity contribution >= 4 is 7.95 Å². The van der Waals surface area contributed by atoms with Crippen molar-refractivity contribution in [2.75, 3.05) is 19.3 Å². The highest BCUT2D eigenvalue weighted by atomic mass is 31.1. The second-order valence-corrected chi connectivity index (χ2v) is 3.03. The molecule has 0 rings (SSSR count). The Morgan fingerprint density at radius 1 is 1.75 bits per heavy atom. The van der Waals surface area contributed by atoms with Crippen LogP contribution in [0.25, 0.3) is 0 Å². The van der Waals surface area contributed by atoms with Crippen LogP contribution in [0, 0.1) is 0 Å². The smallest absolute Gasteiger partial charge is 0.395 e. The van der Waals surface area contributed by atoms with E-state index in [0.717, 1.165) is 0 Å². The zero-order valence-corrected chi connectivity index (χ0v) is 5.82. The molecule has 2 N–H and O–H groups in total. The lowest BCUT2D eigenvalue weighted by atomic mass is 10.8. The number of rotatable bonds is 4. The van der Waals surface area contributed by atoms with Gasteiger partial charge in [-0.25, -0.2) is 0 Å². The second kappa shape index (κ2) is 5.16. The third-order valence-corrected chi connectivity index (χ3v) is 1.84. The van der Waals surface area contributed by atoms with Crippen molar-refractivity contribution in [3.05, 3.63) is 0 Å². The van der Waals surface area contributed by atoms with Crippen LogP contribution in [0.2, 0.25) is 0 Å². The lowest BCUT2D eigenvalue weighted by Crippen LogP contribution is -2.09. The van der Waals surface area contributed by atoms with Crippen LogP contribution >= 0.6 is 7.95 Å². The molecule has 8 heavy (non-hydrogen) atoms. The van der Waals surface area contributed by atoms with E-state index in [4.69, 9.17) is 5.11 Å². The van der Waals surface area contributed by atoms with Crippen molar-refractivity contribution in [1.29, 1.82) is 0 Å². The molecule has 1 unspecified atom stereocenters. The third kappa shape index (κ3) is 4.19. The summed E-state index contributed by atoms with van der Waals surface area (Å²) >= 11 is 0. The van der Waals surface area contributed by atoms with Gasteiger partial charge in [0.2, 0.25) is 0 Å². The largest absolute Gasteiger partial charge is 0.431 e. The Balaban J connectivity index is 2.99. The first-order valence-electron chi connectivity index (χ1n) is 2.60. The first-order valence-corrected chi connectivity index (χ1v) is 4.04. The van der Waals surface area contributed by atoms with Gasteiger partial charge in [0, 0.05) is 0 Å². The normalized spacial score (nSPS) is 11.5. The fourth-order valence-electron chi connectivity index (χ4n) is 0.287. The Morgan fingerprint density at radius 2 is 2.38 bits per heavy atom. The minimum atomic E-state index is -1.24. The Bertz CT molecular complexity index is 76.4. The van der Waals surface area contributed by atoms with E-state index >= 15 is 0 Å². The quantitative estimate of drug-likeness (QED) is 0.547. The maximum atomic E-state index is 10.5. The third-order valence-electron chi connectivity index (χ3n) is 0.687. The van der Waals surface area contributed by atoms with Gasteiger partial charge in [-0.3, -0.25) is 0 Å². The van der Waals surface area contributed by atoms with E-state index in [0.29, 0.717) is 12.7 Å². The van der Waals surface area contributed by atoms with Gasteiger partial charge < -0.3 is 5.11 Å². The zero-order chi connectivity index (χ0) is 6.41. The Kier molecular flexibility index (Phi) is 5.18. The van der Waals surface area contributed by atoms with E-state index in [1.807, 2.05) is 6.92 Å². The maximum Gasteiger partial charge on any atom is 0.431 e. The van der Waals surface area contributed by atoms with Crippen molar-refractivity contribution in [3.63, 3.8) is 0 Å². The van der Waals surface area contributed by atoms with Crippen molar-refractivity contribution in [1.82, 2.24) is 5.09 Å². The van der Waals surface area contributed by atoms with Gasteiger partial charge in [0.15, 0.2) is 6.16 Å². The molecule has 0 saturated carbocycles. The average molecular weight is 136 g/mol. The molecule has 0 fully saturated rings. The first-order chi connectivity index (χ1) is 3.81. The van der Waals surface area contributed by atoms with Gasteiger partial charge in [-0.05, 0) is 6.92 Å². The van der Waals surface area contributed by atoms with E-state index in [1.54, 1.807) is 0 Å². The highest BCUT2D eigenvalue weighted by Crippen LogP contribution is 2.10. The minimum Gasteiger partial charge on any atom is -0.395 e. The van der Waals surface area contributed by atoms with E-state index in [-0.39, 0.29) is 6.61 Å². The molecule has 0 heterocycles. The monoisotopic (exact) mass is 136 g/mol. The van der Waals surface area contributed by atoms with E-state index in [9.17, 15) is 4.57 Å². The molecular formula is C4H11NO2P+. The molecule has 0 aliphatic carbocycles. The molecule has 0 spiro atoms. The molecular weight excluding hydrogens is 125 g/mol. The van der Waals surface area contributed by atoms with Gasteiger partial charge in [-0.15, -0.1) is 5.09 Å². The number of hydrogen-bond donors (Lipinski definition) is 2. The number of aliphatic hydroxyl groups is 1. The Labute approximate surface area is 49.9 Å². The summed E-state index contributed by atoms with van der Waals surface area (Å²) < 4.78 is 10.5. The highest BCUT2D eigenvalue weighted by molar-refractivity contribution is 7.42. The molecule has 0 bridgehead atoms. The van der Waals surface area contributed by atoms with Crippen molar-refractivity contribution < 1.29 is 9.67 Å². The summed E-state index contributed by atoms with van der Waals surface area (Å²) in [5.74, 6) is 0. The molecule has 1 atom stereocenters. The SMILES string of the molecule is CC[P+](=O)NCCO. The van der Waals surface area contributed by atoms with Gasteiger partial charge in [-0.2, -0.15) is 0 Å². The molecule has 0 saturated heterocycles. The molecule has 0 radical (unpaired) electrons. The van der Waals surface area contributed by atoms with Gasteiger partial charge in [0.05, 0.1) is 13.2 Å². The summed E-state index contributed by atoms with van der Waals surface area (Å²) in [6.07, 6.45) is 0.634. The molecule has 0 aliphatic rings. The van der Waals surface area contributed by atoms with Crippen LogP contribution in [0.5, 0.6) is 0 Å². The molecule has 4 heteroatoms. The maximum absolute atomic E-state index is 10.5. The predicted molar refractivity (Wildman–Crippen MR) is 33.2 cm³/mol. The molecule has 3 nitrogen and oxygen atoms in total. The fourth-order valence-corrected chi connectivity index (χ4v) is 0.860. The minimum absolute atomic E-state index is 0.0566. The molecule has 0 aromatic rings. The van der Waals surface area contributed by atoms with Crippen LogP contribution in [0.1, 0.15) is 6.92 Å². The van der Waals surface area contributed by atoms with Crippen LogP contribution < -0.4 is 5.09 Å². The fraction of sp³-hybridized carbons (Fsp3) is 1.00. The zero-order valence-electron chi connectivity index (χ0n) is 4.92. The molecule has 0 aliphatic heterocycles. The summed E-state index contributed by atoms with van der Waals surface area (Å²) in [7, 11) is -1.24. The predicted octanol–water partition coefficient (Wildman–Crippen LogP) is 0.331. The first kappa shape index (κ1) is 8.02. The number of nitrogens with one attached hydrogen (secondary N) is 1. The summed E-state index contributed by atoms with van der Waals surface area (Å²) in [6.45, 7) is 2.33. The van der Waals surface area contributed by atoms with E-state index in [1.165, 1.54) is 0 Å². The highest BCUT2D eigenvalue weighted by Gasteiger charge is 2.07. The van der Waals surface area contributed by atoms with E-state index < -0.39 is 7.95 Å². The van der Waals surface area contributed by atoms with Crippen LogP contribution in [0.3, 0.4) is 0 Å². The molecule has 48 valence electrons. The summed E-state index contributed by atoms with van der Waals surface area (Å²) in [6, 6.07) is 0.